The first-order valence-corrected chi connectivity index (χ1v) is 11.0. The number of carbonyl (C=O) groups is 1. The number of nitrogens with zero attached hydrogens (tertiary/aromatic N) is 5. The molecular formula is C23H24N6OS. The monoisotopic (exact) mass is 432 g/mol. The zero-order valence-corrected chi connectivity index (χ0v) is 18.6. The summed E-state index contributed by atoms with van der Waals surface area (Å²) in [5.41, 5.74) is 4.54. The molecule has 1 N–H and O–H groups in total. The summed E-state index contributed by atoms with van der Waals surface area (Å²) in [5, 5.41) is 16.8. The predicted octanol–water partition coefficient (Wildman–Crippen LogP) is 4.17. The van der Waals surface area contributed by atoms with Gasteiger partial charge in [-0.05, 0) is 38.5 Å². The van der Waals surface area contributed by atoms with Crippen LogP contribution in [0.3, 0.4) is 0 Å². The highest BCUT2D eigenvalue weighted by Crippen LogP contribution is 2.24. The van der Waals surface area contributed by atoms with Gasteiger partial charge in [-0.25, -0.2) is 4.68 Å². The molecule has 7 nitrogen and oxygen atoms in total. The minimum atomic E-state index is -0.101. The van der Waals surface area contributed by atoms with E-state index in [9.17, 15) is 4.79 Å². The van der Waals surface area contributed by atoms with Crippen LogP contribution in [0.5, 0.6) is 0 Å². The molecule has 0 spiro atoms. The van der Waals surface area contributed by atoms with Gasteiger partial charge >= 0.3 is 0 Å². The quantitative estimate of drug-likeness (QED) is 0.444. The average Bonchev–Trinajstić information content (AvgIpc) is 3.27. The fraction of sp³-hybridized carbons (Fsp3) is 0.217. The second kappa shape index (κ2) is 9.18. The zero-order valence-electron chi connectivity index (χ0n) is 17.7. The lowest BCUT2D eigenvalue weighted by Crippen LogP contribution is -2.16. The Bertz CT molecular complexity index is 1180. The Kier molecular flexibility index (Phi) is 6.18. The summed E-state index contributed by atoms with van der Waals surface area (Å²) in [6.07, 6.45) is 0. The summed E-state index contributed by atoms with van der Waals surface area (Å²) < 4.78 is 3.87. The largest absolute Gasteiger partial charge is 0.322 e. The molecule has 0 radical (unpaired) electrons. The normalized spacial score (nSPS) is 10.9. The zero-order chi connectivity index (χ0) is 21.8. The highest BCUT2D eigenvalue weighted by Gasteiger charge is 2.17. The number of hydrogen-bond acceptors (Lipinski definition) is 5. The molecule has 2 heterocycles. The van der Waals surface area contributed by atoms with Crippen molar-refractivity contribution in [1.29, 1.82) is 0 Å². The molecule has 4 rings (SSSR count). The Labute approximate surface area is 185 Å². The van der Waals surface area contributed by atoms with Gasteiger partial charge in [0.25, 0.3) is 0 Å². The van der Waals surface area contributed by atoms with Crippen molar-refractivity contribution in [3.05, 3.63) is 83.4 Å². The summed E-state index contributed by atoms with van der Waals surface area (Å²) in [6.45, 7) is 6.45. The van der Waals surface area contributed by atoms with Gasteiger partial charge in [-0.2, -0.15) is 5.10 Å². The van der Waals surface area contributed by atoms with E-state index in [-0.39, 0.29) is 11.7 Å². The molecular weight excluding hydrogens is 408 g/mol. The van der Waals surface area contributed by atoms with Crippen LogP contribution in [-0.4, -0.2) is 36.2 Å². The molecule has 4 aromatic rings. The number of aromatic nitrogens is 5. The third kappa shape index (κ3) is 4.69. The van der Waals surface area contributed by atoms with Gasteiger partial charge in [-0.3, -0.25) is 4.79 Å². The first-order chi connectivity index (χ1) is 15.0. The lowest BCUT2D eigenvalue weighted by Gasteiger charge is -2.09. The first-order valence-electron chi connectivity index (χ1n) is 10.0. The van der Waals surface area contributed by atoms with E-state index in [4.69, 9.17) is 0 Å². The van der Waals surface area contributed by atoms with Crippen LogP contribution in [0.15, 0.2) is 65.8 Å². The maximum atomic E-state index is 12.7. The van der Waals surface area contributed by atoms with Gasteiger partial charge in [0, 0.05) is 0 Å². The average molecular weight is 433 g/mol. The predicted molar refractivity (Wildman–Crippen MR) is 123 cm³/mol. The Hall–Kier alpha value is -3.39. The minimum Gasteiger partial charge on any atom is -0.322 e. The Morgan fingerprint density at radius 1 is 0.968 bits per heavy atom. The molecule has 1 amide bonds. The third-order valence-corrected chi connectivity index (χ3v) is 5.94. The summed E-state index contributed by atoms with van der Waals surface area (Å²) >= 11 is 1.38. The number of carbonyl (C=O) groups excluding carboxylic acids is 1. The van der Waals surface area contributed by atoms with Crippen LogP contribution in [-0.2, 0) is 11.3 Å². The van der Waals surface area contributed by atoms with Crippen LogP contribution in [0.25, 0.3) is 5.69 Å². The molecule has 31 heavy (non-hydrogen) atoms. The topological polar surface area (TPSA) is 77.6 Å². The molecule has 0 bridgehead atoms. The second-order valence-corrected chi connectivity index (χ2v) is 8.17. The van der Waals surface area contributed by atoms with Gasteiger partial charge in [-0.1, -0.05) is 60.3 Å². The lowest BCUT2D eigenvalue weighted by atomic mass is 10.2. The molecule has 0 atom stereocenters. The molecule has 158 valence electrons. The van der Waals surface area contributed by atoms with Crippen LogP contribution < -0.4 is 5.32 Å². The van der Waals surface area contributed by atoms with E-state index in [1.165, 1.54) is 11.8 Å². The van der Waals surface area contributed by atoms with Crippen LogP contribution in [0.2, 0.25) is 0 Å². The smallest absolute Gasteiger partial charge is 0.234 e. The summed E-state index contributed by atoms with van der Waals surface area (Å²) in [4.78, 5) is 12.7. The molecule has 0 unspecified atom stereocenters. The summed E-state index contributed by atoms with van der Waals surface area (Å²) in [6, 6.07) is 20.0. The van der Waals surface area contributed by atoms with E-state index >= 15 is 0 Å². The molecule has 0 saturated heterocycles. The first kappa shape index (κ1) is 20.9. The molecule has 0 aliphatic carbocycles. The maximum absolute atomic E-state index is 12.7. The van der Waals surface area contributed by atoms with Crippen LogP contribution in [0.1, 0.15) is 22.8 Å². The lowest BCUT2D eigenvalue weighted by molar-refractivity contribution is -0.113. The van der Waals surface area contributed by atoms with Crippen molar-refractivity contribution in [3.8, 4) is 5.69 Å². The molecule has 0 aliphatic rings. The van der Waals surface area contributed by atoms with E-state index in [0.717, 1.165) is 39.3 Å². The number of hydrogen-bond donors (Lipinski definition) is 1. The van der Waals surface area contributed by atoms with Crippen molar-refractivity contribution in [3.63, 3.8) is 0 Å². The standard InChI is InChI=1S/C23H24N6OS/c1-16-22(17(2)29(27-16)20-12-8-5-9-13-20)24-21(30)15-31-23-26-25-18(3)28(23)14-19-10-6-4-7-11-19/h4-13H,14-15H2,1-3H3,(H,24,30). The van der Waals surface area contributed by atoms with Crippen molar-refractivity contribution < 1.29 is 4.79 Å². The molecule has 8 heteroatoms. The fourth-order valence-electron chi connectivity index (χ4n) is 3.37. The number of aryl methyl sites for hydroxylation is 2. The van der Waals surface area contributed by atoms with Gasteiger partial charge in [0.1, 0.15) is 5.82 Å². The number of rotatable bonds is 7. The molecule has 2 aromatic heterocycles. The van der Waals surface area contributed by atoms with Crippen molar-refractivity contribution in [2.45, 2.75) is 32.5 Å². The van der Waals surface area contributed by atoms with Crippen LogP contribution in [0, 0.1) is 20.8 Å². The van der Waals surface area contributed by atoms with Gasteiger partial charge < -0.3 is 9.88 Å². The summed E-state index contributed by atoms with van der Waals surface area (Å²) in [7, 11) is 0. The highest BCUT2D eigenvalue weighted by atomic mass is 32.2. The highest BCUT2D eigenvalue weighted by molar-refractivity contribution is 7.99. The molecule has 0 aliphatic heterocycles. The number of amides is 1. The molecule has 2 aromatic carbocycles. The number of thioether (sulfide) groups is 1. The number of nitrogens with one attached hydrogen (secondary N) is 1. The van der Waals surface area contributed by atoms with Crippen LogP contribution in [0.4, 0.5) is 5.69 Å². The third-order valence-electron chi connectivity index (χ3n) is 4.97. The van der Waals surface area contributed by atoms with Crippen molar-refractivity contribution in [2.24, 2.45) is 0 Å². The van der Waals surface area contributed by atoms with E-state index in [1.54, 1.807) is 0 Å². The fourth-order valence-corrected chi connectivity index (χ4v) is 4.15. The maximum Gasteiger partial charge on any atom is 0.234 e. The number of anilines is 1. The summed E-state index contributed by atoms with van der Waals surface area (Å²) in [5.74, 6) is 0.959. The SMILES string of the molecule is Cc1nn(-c2ccccc2)c(C)c1NC(=O)CSc1nnc(C)n1Cc1ccccc1. The Morgan fingerprint density at radius 3 is 2.35 bits per heavy atom. The van der Waals surface area contributed by atoms with Crippen molar-refractivity contribution in [2.75, 3.05) is 11.1 Å². The number of benzene rings is 2. The number of para-hydroxylation sites is 1. The Morgan fingerprint density at radius 2 is 1.65 bits per heavy atom. The van der Waals surface area contributed by atoms with Gasteiger partial charge in [0.15, 0.2) is 5.16 Å². The van der Waals surface area contributed by atoms with E-state index < -0.39 is 0 Å². The van der Waals surface area contributed by atoms with Crippen LogP contribution >= 0.6 is 11.8 Å². The second-order valence-electron chi connectivity index (χ2n) is 7.23. The molecule has 0 saturated carbocycles. The minimum absolute atomic E-state index is 0.101. The van der Waals surface area contributed by atoms with E-state index in [2.05, 4.69) is 32.7 Å². The van der Waals surface area contributed by atoms with Gasteiger partial charge in [-0.15, -0.1) is 10.2 Å². The van der Waals surface area contributed by atoms with Crippen molar-refractivity contribution >= 4 is 23.4 Å². The van der Waals surface area contributed by atoms with E-state index in [0.29, 0.717) is 6.54 Å². The van der Waals surface area contributed by atoms with E-state index in [1.807, 2.05) is 78.6 Å². The molecule has 0 fully saturated rings. The van der Waals surface area contributed by atoms with Gasteiger partial charge in [0.2, 0.25) is 5.91 Å². The van der Waals surface area contributed by atoms with Gasteiger partial charge in [0.05, 0.1) is 35.1 Å². The van der Waals surface area contributed by atoms with Crippen molar-refractivity contribution in [1.82, 2.24) is 24.5 Å². The Balaban J connectivity index is 1.44.